The molecule has 0 aliphatic heterocycles. The van der Waals surface area contributed by atoms with E-state index in [1.807, 2.05) is 19.1 Å². The fourth-order valence-electron chi connectivity index (χ4n) is 7.35. The van der Waals surface area contributed by atoms with Gasteiger partial charge in [0.05, 0.1) is 12.2 Å². The van der Waals surface area contributed by atoms with E-state index in [1.54, 1.807) is 0 Å². The van der Waals surface area contributed by atoms with Gasteiger partial charge < -0.3 is 14.6 Å². The standard InChI is InChI=1S/C25H34O3/c1-15-4-6-19(28-15)12-16-13-22-20-7-5-17-14-18(26)8-10-24(17,2)21(20)9-11-25(22,3)23(16)27/h4-6,12,18,20-23,26-27H,7-11,13-14H2,1-3H3/b16-12+/t18-,20-,21+,22+,23+,24-,25+/m0/s1. The van der Waals surface area contributed by atoms with E-state index in [4.69, 9.17) is 4.42 Å². The number of aryl methyl sites for hydroxylation is 1. The second-order valence-electron chi connectivity index (χ2n) is 10.5. The Morgan fingerprint density at radius 3 is 2.64 bits per heavy atom. The van der Waals surface area contributed by atoms with Crippen molar-refractivity contribution in [2.45, 2.75) is 77.9 Å². The van der Waals surface area contributed by atoms with Crippen LogP contribution in [0.15, 0.2) is 33.8 Å². The van der Waals surface area contributed by atoms with Gasteiger partial charge in [0.25, 0.3) is 0 Å². The molecule has 3 nitrogen and oxygen atoms in total. The second kappa shape index (κ2) is 6.34. The number of furan rings is 1. The van der Waals surface area contributed by atoms with Crippen LogP contribution in [0.5, 0.6) is 0 Å². The summed E-state index contributed by atoms with van der Waals surface area (Å²) >= 11 is 0. The highest BCUT2D eigenvalue weighted by Crippen LogP contribution is 2.65. The fraction of sp³-hybridized carbons (Fsp3) is 0.680. The average Bonchev–Trinajstić information content (AvgIpc) is 3.18. The van der Waals surface area contributed by atoms with Crippen LogP contribution in [-0.2, 0) is 0 Å². The third kappa shape index (κ3) is 2.62. The Morgan fingerprint density at radius 1 is 1.07 bits per heavy atom. The van der Waals surface area contributed by atoms with Gasteiger partial charge in [0.1, 0.15) is 11.5 Å². The van der Waals surface area contributed by atoms with Crippen LogP contribution in [0.3, 0.4) is 0 Å². The van der Waals surface area contributed by atoms with E-state index in [2.05, 4.69) is 26.0 Å². The average molecular weight is 383 g/mol. The third-order valence-electron chi connectivity index (χ3n) is 9.04. The number of hydrogen-bond acceptors (Lipinski definition) is 3. The summed E-state index contributed by atoms with van der Waals surface area (Å²) in [4.78, 5) is 0. The molecular weight excluding hydrogens is 348 g/mol. The number of hydrogen-bond donors (Lipinski definition) is 2. The van der Waals surface area contributed by atoms with Gasteiger partial charge in [-0.05, 0) is 98.8 Å². The quantitative estimate of drug-likeness (QED) is 0.651. The highest BCUT2D eigenvalue weighted by atomic mass is 16.3. The molecule has 0 radical (unpaired) electrons. The predicted molar refractivity (Wildman–Crippen MR) is 111 cm³/mol. The summed E-state index contributed by atoms with van der Waals surface area (Å²) in [6.07, 6.45) is 11.4. The number of fused-ring (bicyclic) bond motifs is 5. The lowest BCUT2D eigenvalue weighted by molar-refractivity contribution is -0.0685. The maximum absolute atomic E-state index is 11.3. The van der Waals surface area contributed by atoms with Crippen molar-refractivity contribution < 1.29 is 14.6 Å². The van der Waals surface area contributed by atoms with Gasteiger partial charge in [-0.3, -0.25) is 0 Å². The Morgan fingerprint density at radius 2 is 1.89 bits per heavy atom. The van der Waals surface area contributed by atoms with Gasteiger partial charge in [-0.2, -0.15) is 0 Å². The van der Waals surface area contributed by atoms with Crippen LogP contribution in [0.2, 0.25) is 0 Å². The van der Waals surface area contributed by atoms with Crippen molar-refractivity contribution in [3.63, 3.8) is 0 Å². The van der Waals surface area contributed by atoms with Gasteiger partial charge in [0.15, 0.2) is 0 Å². The zero-order chi connectivity index (χ0) is 19.7. The summed E-state index contributed by atoms with van der Waals surface area (Å²) in [7, 11) is 0. The molecule has 0 aromatic carbocycles. The molecule has 28 heavy (non-hydrogen) atoms. The Labute approximate surface area is 168 Å². The highest BCUT2D eigenvalue weighted by Gasteiger charge is 2.59. The molecule has 5 rings (SSSR count). The molecule has 0 bridgehead atoms. The van der Waals surface area contributed by atoms with Gasteiger partial charge in [-0.25, -0.2) is 0 Å². The molecular formula is C25H34O3. The lowest BCUT2D eigenvalue weighted by Gasteiger charge is -2.57. The van der Waals surface area contributed by atoms with Gasteiger partial charge in [-0.15, -0.1) is 0 Å². The molecule has 1 aromatic heterocycles. The molecule has 1 aromatic rings. The highest BCUT2D eigenvalue weighted by molar-refractivity contribution is 5.51. The lowest BCUT2D eigenvalue weighted by Crippen LogP contribution is -2.51. The van der Waals surface area contributed by atoms with Crippen molar-refractivity contribution in [1.29, 1.82) is 0 Å². The zero-order valence-corrected chi connectivity index (χ0v) is 17.4. The van der Waals surface area contributed by atoms with Crippen molar-refractivity contribution in [2.75, 3.05) is 0 Å². The minimum absolute atomic E-state index is 0.0233. The molecule has 7 atom stereocenters. The molecule has 152 valence electrons. The van der Waals surface area contributed by atoms with Crippen molar-refractivity contribution in [3.05, 3.63) is 40.9 Å². The van der Waals surface area contributed by atoms with E-state index < -0.39 is 0 Å². The summed E-state index contributed by atoms with van der Waals surface area (Å²) in [5.41, 5.74) is 2.89. The molecule has 1 heterocycles. The first-order valence-electron chi connectivity index (χ1n) is 11.1. The van der Waals surface area contributed by atoms with Crippen molar-refractivity contribution in [2.24, 2.45) is 28.6 Å². The van der Waals surface area contributed by atoms with Crippen LogP contribution in [0.25, 0.3) is 6.08 Å². The number of aliphatic hydroxyl groups excluding tert-OH is 2. The van der Waals surface area contributed by atoms with Gasteiger partial charge in [-0.1, -0.05) is 25.5 Å². The second-order valence-corrected chi connectivity index (χ2v) is 10.5. The summed E-state index contributed by atoms with van der Waals surface area (Å²) in [6, 6.07) is 4.00. The maximum Gasteiger partial charge on any atom is 0.127 e. The molecule has 0 unspecified atom stereocenters. The fourth-order valence-corrected chi connectivity index (χ4v) is 7.35. The topological polar surface area (TPSA) is 53.6 Å². The van der Waals surface area contributed by atoms with Crippen LogP contribution >= 0.6 is 0 Å². The van der Waals surface area contributed by atoms with Crippen LogP contribution in [-0.4, -0.2) is 22.4 Å². The Kier molecular flexibility index (Phi) is 4.23. The maximum atomic E-state index is 11.3. The van der Waals surface area contributed by atoms with Crippen LogP contribution < -0.4 is 0 Å². The van der Waals surface area contributed by atoms with E-state index in [0.717, 1.165) is 55.6 Å². The van der Waals surface area contributed by atoms with E-state index in [9.17, 15) is 10.2 Å². The summed E-state index contributed by atoms with van der Waals surface area (Å²) < 4.78 is 5.76. The smallest absolute Gasteiger partial charge is 0.127 e. The molecule has 3 heteroatoms. The van der Waals surface area contributed by atoms with E-state index in [0.29, 0.717) is 17.8 Å². The minimum atomic E-state index is -0.366. The normalized spacial score (nSPS) is 46.7. The lowest BCUT2D eigenvalue weighted by atomic mass is 9.48. The number of aliphatic hydroxyl groups is 2. The predicted octanol–water partition coefficient (Wildman–Crippen LogP) is 5.27. The number of rotatable bonds is 1. The van der Waals surface area contributed by atoms with Crippen molar-refractivity contribution in [3.8, 4) is 0 Å². The molecule has 3 fully saturated rings. The first-order valence-corrected chi connectivity index (χ1v) is 11.1. The molecule has 4 aliphatic carbocycles. The molecule has 0 amide bonds. The number of allylic oxidation sites excluding steroid dienone is 1. The first kappa shape index (κ1) is 18.7. The van der Waals surface area contributed by atoms with Gasteiger partial charge >= 0.3 is 0 Å². The minimum Gasteiger partial charge on any atom is -0.462 e. The zero-order valence-electron chi connectivity index (χ0n) is 17.4. The summed E-state index contributed by atoms with van der Waals surface area (Å²) in [5.74, 6) is 3.65. The Bertz CT molecular complexity index is 833. The van der Waals surface area contributed by atoms with E-state index in [1.165, 1.54) is 12.0 Å². The molecule has 0 saturated heterocycles. The molecule has 2 N–H and O–H groups in total. The van der Waals surface area contributed by atoms with Crippen LogP contribution in [0.1, 0.15) is 70.3 Å². The Balaban J connectivity index is 1.47. The van der Waals surface area contributed by atoms with Gasteiger partial charge in [0.2, 0.25) is 0 Å². The molecule has 0 spiro atoms. The van der Waals surface area contributed by atoms with E-state index >= 15 is 0 Å². The first-order chi connectivity index (χ1) is 13.3. The Hall–Kier alpha value is -1.32. The van der Waals surface area contributed by atoms with E-state index in [-0.39, 0.29) is 23.0 Å². The van der Waals surface area contributed by atoms with Gasteiger partial charge in [0, 0.05) is 5.41 Å². The monoisotopic (exact) mass is 382 g/mol. The third-order valence-corrected chi connectivity index (χ3v) is 9.04. The van der Waals surface area contributed by atoms with Crippen LogP contribution in [0, 0.1) is 35.5 Å². The molecule has 3 saturated carbocycles. The SMILES string of the molecule is Cc1ccc(/C=C2\C[C@@H]3[C@H]4CC=C5C[C@@H](O)CC[C@]5(C)[C@@H]4CC[C@@]3(C)[C@@H]2O)o1. The van der Waals surface area contributed by atoms with Crippen molar-refractivity contribution in [1.82, 2.24) is 0 Å². The summed E-state index contributed by atoms with van der Waals surface area (Å²) in [5, 5.41) is 21.4. The van der Waals surface area contributed by atoms with Crippen LogP contribution in [0.4, 0.5) is 0 Å². The largest absolute Gasteiger partial charge is 0.462 e. The van der Waals surface area contributed by atoms with Crippen molar-refractivity contribution >= 4 is 6.08 Å². The molecule has 4 aliphatic rings. The summed E-state index contributed by atoms with van der Waals surface area (Å²) in [6.45, 7) is 6.74.